The van der Waals surface area contributed by atoms with Gasteiger partial charge in [-0.05, 0) is 0 Å². The molecule has 6 heterocycles. The Morgan fingerprint density at radius 2 is 1.62 bits per heavy atom. The Balaban J connectivity index is 1.07. The number of aromatic nitrogens is 6. The van der Waals surface area contributed by atoms with E-state index in [1.807, 2.05) is 0 Å². The molecule has 23 nitrogen and oxygen atoms in total. The van der Waals surface area contributed by atoms with Gasteiger partial charge in [-0.1, -0.05) is 12.2 Å². The molecule has 254 valence electrons. The standard InChI is InChI=1S/C20H24N10O13P2S2/c21-19-26-13-7(15(33)28-19)24-6-12(47)11(46)5(41-17(6)25-13)2-40-45(37,38)43-44(35,36)39-1-4-9(31)10(32)18(42-4)30-3-23-8-14(30)27-20(22)29-16(8)34/h3-6,9-11,17-18,31-32,46H,1-2H2,(H,35,36)(H,37,38)(H3,22,27,29,34)(H3,21,25,26,28,33)/t4-,5-,6+,9-,10-,11?,17-,18-/m1/s1. The number of thiol groups is 1. The zero-order valence-corrected chi connectivity index (χ0v) is 26.7. The number of hydrogen-bond acceptors (Lipinski definition) is 20. The van der Waals surface area contributed by atoms with Gasteiger partial charge in [-0.25, -0.2) is 19.1 Å². The summed E-state index contributed by atoms with van der Waals surface area (Å²) in [6, 6.07) is -0.929. The van der Waals surface area contributed by atoms with E-state index in [0.717, 1.165) is 10.9 Å². The highest BCUT2D eigenvalue weighted by Crippen LogP contribution is 2.60. The number of thiocarbonyl (C=S) groups is 1. The van der Waals surface area contributed by atoms with Crippen LogP contribution in [0.3, 0.4) is 0 Å². The van der Waals surface area contributed by atoms with Crippen LogP contribution in [0.2, 0.25) is 0 Å². The lowest BCUT2D eigenvalue weighted by atomic mass is 10.0. The molecule has 2 fully saturated rings. The summed E-state index contributed by atoms with van der Waals surface area (Å²) >= 11 is 9.75. The van der Waals surface area contributed by atoms with Gasteiger partial charge >= 0.3 is 15.6 Å². The molecule has 0 bridgehead atoms. The van der Waals surface area contributed by atoms with Crippen molar-refractivity contribution in [2.75, 3.05) is 24.7 Å². The maximum atomic E-state index is 12.6. The van der Waals surface area contributed by atoms with Crippen LogP contribution in [0.5, 0.6) is 0 Å². The molecule has 3 aliphatic heterocycles. The van der Waals surface area contributed by atoms with E-state index in [1.165, 1.54) is 0 Å². The van der Waals surface area contributed by atoms with Crippen molar-refractivity contribution in [1.82, 2.24) is 29.5 Å². The van der Waals surface area contributed by atoms with Crippen LogP contribution in [-0.2, 0) is 32.0 Å². The average molecular weight is 739 g/mol. The fourth-order valence-corrected chi connectivity index (χ4v) is 7.58. The van der Waals surface area contributed by atoms with Gasteiger partial charge in [-0.2, -0.15) is 26.9 Å². The van der Waals surface area contributed by atoms with Gasteiger partial charge in [-0.15, -0.1) is 0 Å². The molecular weight excluding hydrogens is 714 g/mol. The molecule has 10 atom stereocenters. The lowest BCUT2D eigenvalue weighted by Gasteiger charge is -2.37. The van der Waals surface area contributed by atoms with E-state index in [4.69, 9.17) is 42.2 Å². The number of anilines is 2. The van der Waals surface area contributed by atoms with Crippen molar-refractivity contribution < 1.29 is 52.0 Å². The van der Waals surface area contributed by atoms with E-state index in [0.29, 0.717) is 0 Å². The van der Waals surface area contributed by atoms with E-state index in [2.05, 4.69) is 51.8 Å². The predicted octanol–water partition coefficient (Wildman–Crippen LogP) is -4.05. The van der Waals surface area contributed by atoms with Crippen LogP contribution in [-0.4, -0.2) is 110 Å². The van der Waals surface area contributed by atoms with Crippen molar-refractivity contribution in [2.24, 2.45) is 9.98 Å². The number of H-pyrrole nitrogens is 2. The van der Waals surface area contributed by atoms with E-state index >= 15 is 0 Å². The Morgan fingerprint density at radius 1 is 0.979 bits per heavy atom. The normalized spacial score (nSPS) is 31.3. The maximum Gasteiger partial charge on any atom is 0.481 e. The first-order valence-corrected chi connectivity index (χ1v) is 17.0. The number of aliphatic hydroxyl groups excluding tert-OH is 2. The Labute approximate surface area is 270 Å². The number of phosphoric acid groups is 2. The van der Waals surface area contributed by atoms with E-state index in [1.54, 1.807) is 0 Å². The van der Waals surface area contributed by atoms with Crippen molar-refractivity contribution in [1.29, 1.82) is 0 Å². The number of ether oxygens (including phenoxy) is 2. The largest absolute Gasteiger partial charge is 0.481 e. The van der Waals surface area contributed by atoms with Crippen LogP contribution in [0.25, 0.3) is 11.2 Å². The molecule has 0 aromatic carbocycles. The number of aromatic amines is 2. The van der Waals surface area contributed by atoms with Gasteiger partial charge in [0.1, 0.15) is 30.5 Å². The minimum Gasteiger partial charge on any atom is -0.387 e. The zero-order chi connectivity index (χ0) is 34.0. The second kappa shape index (κ2) is 12.5. The summed E-state index contributed by atoms with van der Waals surface area (Å²) < 4.78 is 51.5. The Bertz CT molecular complexity index is 2100. The molecule has 0 saturated carbocycles. The van der Waals surface area contributed by atoms with Gasteiger partial charge in [0.2, 0.25) is 11.9 Å². The Morgan fingerprint density at radius 3 is 2.32 bits per heavy atom. The molecule has 3 unspecified atom stereocenters. The number of rotatable bonds is 9. The lowest BCUT2D eigenvalue weighted by Crippen LogP contribution is -2.58. The maximum absolute atomic E-state index is 12.6. The quantitative estimate of drug-likeness (QED) is 0.0573. The number of nitrogens with two attached hydrogens (primary N) is 2. The molecular formula is C20H24N10O13P2S2. The molecule has 2 saturated heterocycles. The van der Waals surface area contributed by atoms with E-state index in [9.17, 15) is 38.7 Å². The second-order valence-electron chi connectivity index (χ2n) is 10.2. The minimum atomic E-state index is -5.39. The summed E-state index contributed by atoms with van der Waals surface area (Å²) in [4.78, 5) is 69.4. The summed E-state index contributed by atoms with van der Waals surface area (Å²) in [6.07, 6.45) is -7.46. The van der Waals surface area contributed by atoms with Crippen LogP contribution in [0.4, 0.5) is 11.9 Å². The van der Waals surface area contributed by atoms with Crippen molar-refractivity contribution in [3.05, 3.63) is 37.9 Å². The first kappa shape index (κ1) is 33.9. The average Bonchev–Trinajstić information content (AvgIpc) is 3.52. The molecule has 3 aromatic heterocycles. The Hall–Kier alpha value is -3.03. The van der Waals surface area contributed by atoms with Crippen LogP contribution >= 0.6 is 40.5 Å². The molecule has 3 aromatic rings. The molecule has 27 heteroatoms. The number of phosphoric ester groups is 2. The van der Waals surface area contributed by atoms with Gasteiger partial charge in [0.15, 0.2) is 34.5 Å². The van der Waals surface area contributed by atoms with Gasteiger partial charge in [0.25, 0.3) is 11.1 Å². The fraction of sp³-hybridized carbons (Fsp3) is 0.500. The molecule has 10 N–H and O–H groups in total. The van der Waals surface area contributed by atoms with Crippen molar-refractivity contribution in [3.8, 4) is 0 Å². The molecule has 0 aliphatic carbocycles. The van der Waals surface area contributed by atoms with Crippen LogP contribution in [0, 0.1) is 0 Å². The number of fused-ring (bicyclic) bond motifs is 3. The van der Waals surface area contributed by atoms with Crippen molar-refractivity contribution in [3.63, 3.8) is 0 Å². The molecule has 0 spiro atoms. The topological polar surface area (TPSA) is 347 Å². The zero-order valence-electron chi connectivity index (χ0n) is 23.2. The molecule has 3 aliphatic rings. The summed E-state index contributed by atoms with van der Waals surface area (Å²) in [7, 11) is -10.7. The molecule has 0 radical (unpaired) electrons. The number of hydrogen-bond donors (Lipinski definition) is 9. The molecule has 47 heavy (non-hydrogen) atoms. The minimum absolute atomic E-state index is 0.0896. The predicted molar refractivity (Wildman–Crippen MR) is 161 cm³/mol. The molecule has 6 rings (SSSR count). The van der Waals surface area contributed by atoms with Crippen LogP contribution in [0.15, 0.2) is 25.9 Å². The number of nitrogens with one attached hydrogen (secondary N) is 2. The fourth-order valence-electron chi connectivity index (χ4n) is 4.86. The number of aliphatic hydroxyl groups is 2. The number of nitrogens with zero attached hydrogens (tertiary/aromatic N) is 6. The highest BCUT2D eigenvalue weighted by atomic mass is 32.1. The second-order valence-corrected chi connectivity index (χ2v) is 14.2. The monoisotopic (exact) mass is 738 g/mol. The van der Waals surface area contributed by atoms with Crippen LogP contribution in [0.1, 0.15) is 6.23 Å². The first-order valence-electron chi connectivity index (χ1n) is 13.1. The highest BCUT2D eigenvalue weighted by Gasteiger charge is 2.47. The van der Waals surface area contributed by atoms with Crippen molar-refractivity contribution in [2.45, 2.75) is 48.2 Å². The smallest absolute Gasteiger partial charge is 0.387 e. The SMILES string of the molecule is Nc1nc2c(c(=O)[nH]1)=N[C@H]1C(=S)C(S)[C@@H](COP(=O)(O)OP(=O)(O)OC[C@H]3O[C@@H](n4cnc5c(=O)[nH]c(N)nc54)[C@H](O)[C@@H]3O)O[C@H]1N=2. The lowest BCUT2D eigenvalue weighted by molar-refractivity contribution is -0.0516. The number of nitrogen functional groups attached to an aromatic ring is 2. The van der Waals surface area contributed by atoms with Crippen LogP contribution < -0.4 is 33.4 Å². The third-order valence-corrected chi connectivity index (χ3v) is 10.9. The summed E-state index contributed by atoms with van der Waals surface area (Å²) in [5.74, 6) is -0.480. The number of imidazole rings is 1. The third kappa shape index (κ3) is 6.67. The van der Waals surface area contributed by atoms with Gasteiger partial charge in [-0.3, -0.25) is 38.2 Å². The van der Waals surface area contributed by atoms with E-state index < -0.39 is 88.1 Å². The van der Waals surface area contributed by atoms with Crippen molar-refractivity contribution >= 4 is 68.4 Å². The van der Waals surface area contributed by atoms with E-state index in [-0.39, 0.29) is 38.8 Å². The highest BCUT2D eigenvalue weighted by molar-refractivity contribution is 7.86. The molecule has 0 amide bonds. The summed E-state index contributed by atoms with van der Waals surface area (Å²) in [5, 5.41) is 19.9. The van der Waals surface area contributed by atoms with Gasteiger partial charge < -0.3 is 40.9 Å². The third-order valence-electron chi connectivity index (χ3n) is 7.00. The summed E-state index contributed by atoms with van der Waals surface area (Å²) in [6.45, 7) is -1.68. The summed E-state index contributed by atoms with van der Waals surface area (Å²) in [5.41, 5.74) is 9.44. The van der Waals surface area contributed by atoms with Gasteiger partial charge in [0, 0.05) is 4.86 Å². The Kier molecular flexibility index (Phi) is 8.97. The van der Waals surface area contributed by atoms with Gasteiger partial charge in [0.05, 0.1) is 24.8 Å². The first-order chi connectivity index (χ1) is 22.0.